The molecule has 7 heteroatoms. The van der Waals surface area contributed by atoms with Crippen molar-refractivity contribution < 1.29 is 28.9 Å². The third-order valence-corrected chi connectivity index (χ3v) is 5.90. The number of carboxylic acids is 1. The molecule has 140 valence electrons. The smallest absolute Gasteiger partial charge is 0.231 e. The van der Waals surface area contributed by atoms with E-state index in [1.807, 2.05) is 25.1 Å². The second-order valence-corrected chi connectivity index (χ2v) is 7.52. The Morgan fingerprint density at radius 1 is 1.37 bits per heavy atom. The fraction of sp³-hybridized carbons (Fsp3) is 0.400. The minimum atomic E-state index is -1.25. The first kappa shape index (κ1) is 16.4. The van der Waals surface area contributed by atoms with Crippen molar-refractivity contribution in [3.05, 3.63) is 48.1 Å². The minimum absolute atomic E-state index is 0.175. The van der Waals surface area contributed by atoms with Gasteiger partial charge in [0.05, 0.1) is 18.1 Å². The predicted octanol–water partition coefficient (Wildman–Crippen LogP) is 0.392. The first-order valence-electron chi connectivity index (χ1n) is 8.85. The van der Waals surface area contributed by atoms with Gasteiger partial charge in [-0.25, -0.2) is 0 Å². The van der Waals surface area contributed by atoms with E-state index in [9.17, 15) is 14.7 Å². The number of nitrogens with zero attached hydrogens (tertiary/aromatic N) is 1. The molecule has 4 heterocycles. The Bertz CT molecular complexity index is 908. The maximum Gasteiger partial charge on any atom is 0.231 e. The van der Waals surface area contributed by atoms with Gasteiger partial charge in [-0.2, -0.15) is 0 Å². The highest BCUT2D eigenvalue weighted by Gasteiger charge is 2.69. The second kappa shape index (κ2) is 5.36. The fourth-order valence-corrected chi connectivity index (χ4v) is 4.95. The van der Waals surface area contributed by atoms with Crippen LogP contribution in [-0.4, -0.2) is 41.3 Å². The summed E-state index contributed by atoms with van der Waals surface area (Å²) < 4.78 is 16.8. The van der Waals surface area contributed by atoms with Gasteiger partial charge < -0.3 is 29.0 Å². The molecule has 27 heavy (non-hydrogen) atoms. The van der Waals surface area contributed by atoms with Crippen molar-refractivity contribution in [1.29, 1.82) is 0 Å². The average Bonchev–Trinajstić information content (AvgIpc) is 3.35. The Labute approximate surface area is 155 Å². The molecule has 1 amide bonds. The molecule has 5 rings (SSSR count). The number of carbonyl (C=O) groups excluding carboxylic acids is 2. The van der Waals surface area contributed by atoms with Crippen molar-refractivity contribution in [3.63, 3.8) is 0 Å². The van der Waals surface area contributed by atoms with Crippen LogP contribution >= 0.6 is 0 Å². The molecule has 0 radical (unpaired) electrons. The molecule has 0 unspecified atom stereocenters. The van der Waals surface area contributed by atoms with Crippen LogP contribution in [0.4, 0.5) is 0 Å². The van der Waals surface area contributed by atoms with Crippen molar-refractivity contribution in [2.75, 3.05) is 6.79 Å². The van der Waals surface area contributed by atoms with Crippen molar-refractivity contribution in [3.8, 4) is 11.5 Å². The van der Waals surface area contributed by atoms with Gasteiger partial charge in [0.1, 0.15) is 5.60 Å². The van der Waals surface area contributed by atoms with Crippen LogP contribution in [0, 0.1) is 11.8 Å². The first-order valence-corrected chi connectivity index (χ1v) is 8.85. The van der Waals surface area contributed by atoms with E-state index >= 15 is 0 Å². The second-order valence-electron chi connectivity index (χ2n) is 7.52. The van der Waals surface area contributed by atoms with Gasteiger partial charge in [0.2, 0.25) is 12.7 Å². The van der Waals surface area contributed by atoms with Crippen LogP contribution in [0.25, 0.3) is 0 Å². The highest BCUT2D eigenvalue weighted by Crippen LogP contribution is 2.56. The zero-order chi connectivity index (χ0) is 18.9. The van der Waals surface area contributed by atoms with E-state index in [2.05, 4.69) is 6.58 Å². The maximum atomic E-state index is 13.3. The van der Waals surface area contributed by atoms with Crippen LogP contribution in [0.15, 0.2) is 42.5 Å². The van der Waals surface area contributed by atoms with Crippen LogP contribution in [0.3, 0.4) is 0 Å². The number of hydrogen-bond acceptors (Lipinski definition) is 6. The van der Waals surface area contributed by atoms with Gasteiger partial charge in [0.25, 0.3) is 0 Å². The zero-order valence-corrected chi connectivity index (χ0v) is 14.7. The van der Waals surface area contributed by atoms with Crippen LogP contribution in [0.2, 0.25) is 0 Å². The zero-order valence-electron chi connectivity index (χ0n) is 14.7. The monoisotopic (exact) mass is 368 g/mol. The van der Waals surface area contributed by atoms with Crippen molar-refractivity contribution in [2.24, 2.45) is 11.8 Å². The van der Waals surface area contributed by atoms with E-state index < -0.39 is 35.6 Å². The van der Waals surface area contributed by atoms with E-state index in [0.29, 0.717) is 18.0 Å². The van der Waals surface area contributed by atoms with Gasteiger partial charge in [-0.05, 0) is 24.6 Å². The van der Waals surface area contributed by atoms with Gasteiger partial charge in [-0.3, -0.25) is 4.79 Å². The molecule has 4 aliphatic rings. The summed E-state index contributed by atoms with van der Waals surface area (Å²) in [7, 11) is 0. The van der Waals surface area contributed by atoms with Crippen LogP contribution in [0.5, 0.6) is 11.5 Å². The summed E-state index contributed by atoms with van der Waals surface area (Å²) in [6.45, 7) is 6.35. The summed E-state index contributed by atoms with van der Waals surface area (Å²) in [4.78, 5) is 26.6. The molecule has 5 atom stereocenters. The minimum Gasteiger partial charge on any atom is -0.550 e. The van der Waals surface area contributed by atoms with E-state index in [4.69, 9.17) is 14.2 Å². The normalized spacial score (nSPS) is 35.0. The molecule has 0 N–H and O–H groups in total. The molecule has 2 saturated heterocycles. The van der Waals surface area contributed by atoms with Crippen molar-refractivity contribution in [2.45, 2.75) is 31.2 Å². The predicted molar refractivity (Wildman–Crippen MR) is 90.4 cm³/mol. The van der Waals surface area contributed by atoms with E-state index in [1.165, 1.54) is 0 Å². The quantitative estimate of drug-likeness (QED) is 0.715. The highest BCUT2D eigenvalue weighted by molar-refractivity contribution is 5.91. The highest BCUT2D eigenvalue weighted by atomic mass is 16.7. The largest absolute Gasteiger partial charge is 0.550 e. The number of amides is 1. The van der Waals surface area contributed by atoms with Crippen LogP contribution in [-0.2, 0) is 20.9 Å². The first-order chi connectivity index (χ1) is 12.9. The lowest BCUT2D eigenvalue weighted by Gasteiger charge is -2.33. The standard InChI is InChI=1S/C20H19NO6/c1-10(2)17-20-6-5-13(27-20)15(19(23)24)16(20)18(22)21(17)8-11-3-4-12-14(7-11)26-9-25-12/h3-7,13,15-17H,1,8-9H2,2H3,(H,23,24)/p-1/t13-,15-,16-,17-,20-/m1/s1. The Kier molecular flexibility index (Phi) is 3.25. The number of aliphatic carboxylic acids is 1. The number of rotatable bonds is 4. The van der Waals surface area contributed by atoms with Crippen molar-refractivity contribution >= 4 is 11.9 Å². The molecule has 4 aliphatic heterocycles. The van der Waals surface area contributed by atoms with Gasteiger partial charge in [0, 0.05) is 18.4 Å². The molecule has 2 fully saturated rings. The van der Waals surface area contributed by atoms with Gasteiger partial charge in [-0.1, -0.05) is 30.4 Å². The van der Waals surface area contributed by atoms with Crippen molar-refractivity contribution in [1.82, 2.24) is 4.90 Å². The molecule has 0 aliphatic carbocycles. The molecule has 1 aromatic carbocycles. The van der Waals surface area contributed by atoms with Crippen LogP contribution < -0.4 is 14.6 Å². The van der Waals surface area contributed by atoms with Crippen LogP contribution in [0.1, 0.15) is 12.5 Å². The number of likely N-dealkylation sites (tertiary alicyclic amines) is 1. The SMILES string of the molecule is C=C(C)[C@H]1N(Cc2ccc3c(c2)OCO3)C(=O)[C@H]2[C@H](C(=O)[O-])[C@H]3C=C[C@@]21O3. The molecule has 7 nitrogen and oxygen atoms in total. The Morgan fingerprint density at radius 2 is 2.15 bits per heavy atom. The molecular weight excluding hydrogens is 350 g/mol. The molecule has 1 spiro atoms. The summed E-state index contributed by atoms with van der Waals surface area (Å²) in [5, 5.41) is 11.7. The maximum absolute atomic E-state index is 13.3. The number of ether oxygens (including phenoxy) is 3. The number of hydrogen-bond donors (Lipinski definition) is 0. The lowest BCUT2D eigenvalue weighted by Crippen LogP contribution is -2.46. The summed E-state index contributed by atoms with van der Waals surface area (Å²) in [6, 6.07) is 5.07. The molecule has 0 aromatic heterocycles. The van der Waals surface area contributed by atoms with Gasteiger partial charge in [0.15, 0.2) is 11.5 Å². The number of benzene rings is 1. The summed E-state index contributed by atoms with van der Waals surface area (Å²) in [5.41, 5.74) is 0.615. The number of carbonyl (C=O) groups is 2. The molecule has 1 aromatic rings. The summed E-state index contributed by atoms with van der Waals surface area (Å²) in [6.07, 6.45) is 2.93. The van der Waals surface area contributed by atoms with Gasteiger partial charge >= 0.3 is 0 Å². The summed E-state index contributed by atoms with van der Waals surface area (Å²) in [5.74, 6) is -1.98. The van der Waals surface area contributed by atoms with E-state index in [1.54, 1.807) is 17.0 Å². The Hall–Kier alpha value is -2.80. The topological polar surface area (TPSA) is 88.1 Å². The molecule has 2 bridgehead atoms. The third-order valence-electron chi connectivity index (χ3n) is 5.90. The molecule has 0 saturated carbocycles. The third kappa shape index (κ3) is 2.06. The Balaban J connectivity index is 1.53. The van der Waals surface area contributed by atoms with E-state index in [0.717, 1.165) is 11.1 Å². The lowest BCUT2D eigenvalue weighted by molar-refractivity contribution is -0.313. The van der Waals surface area contributed by atoms with E-state index in [-0.39, 0.29) is 12.7 Å². The number of fused-ring (bicyclic) bond motifs is 2. The molecular formula is C20H18NO6-. The fourth-order valence-electron chi connectivity index (χ4n) is 4.95. The van der Waals surface area contributed by atoms with Gasteiger partial charge in [-0.15, -0.1) is 0 Å². The lowest BCUT2D eigenvalue weighted by atomic mass is 9.74. The Morgan fingerprint density at radius 3 is 2.89 bits per heavy atom. The number of carboxylic acid groups (broad SMARTS) is 1. The average molecular weight is 368 g/mol. The summed E-state index contributed by atoms with van der Waals surface area (Å²) >= 11 is 0.